The molecule has 3 aliphatic carbocycles. The number of piperidine rings is 1. The molecule has 1 unspecified atom stereocenters. The molecule has 7 atom stereocenters. The first-order valence-corrected chi connectivity index (χ1v) is 10.2. The highest BCUT2D eigenvalue weighted by Crippen LogP contribution is 2.66. The first-order valence-electron chi connectivity index (χ1n) is 10.2. The molecule has 24 heavy (non-hydrogen) atoms. The number of carbonyl (C=O) groups excluding carboxylic acids is 1. The highest BCUT2D eigenvalue weighted by atomic mass is 16.1. The molecule has 1 amide bonds. The van der Waals surface area contributed by atoms with Gasteiger partial charge in [-0.2, -0.15) is 5.26 Å². The van der Waals surface area contributed by atoms with Crippen molar-refractivity contribution in [1.82, 2.24) is 5.32 Å². The molecule has 3 heteroatoms. The molecule has 3 nitrogen and oxygen atoms in total. The molecule has 0 spiro atoms. The van der Waals surface area contributed by atoms with Crippen molar-refractivity contribution in [1.29, 1.82) is 5.26 Å². The lowest BCUT2D eigenvalue weighted by atomic mass is 9.47. The number of fused-ring (bicyclic) bond motifs is 5. The number of nitrogens with zero attached hydrogens (tertiary/aromatic N) is 1. The first-order chi connectivity index (χ1) is 11.5. The van der Waals surface area contributed by atoms with E-state index in [4.69, 9.17) is 5.26 Å². The van der Waals surface area contributed by atoms with Gasteiger partial charge in [0.05, 0.1) is 6.07 Å². The van der Waals surface area contributed by atoms with Gasteiger partial charge in [0.2, 0.25) is 5.91 Å². The zero-order valence-electron chi connectivity index (χ0n) is 15.3. The molecular weight excluding hydrogens is 296 g/mol. The maximum absolute atomic E-state index is 11.9. The van der Waals surface area contributed by atoms with Crippen molar-refractivity contribution in [2.45, 2.75) is 84.1 Å². The van der Waals surface area contributed by atoms with Gasteiger partial charge in [-0.3, -0.25) is 4.79 Å². The smallest absolute Gasteiger partial charge is 0.220 e. The summed E-state index contributed by atoms with van der Waals surface area (Å²) in [5, 5.41) is 12.3. The summed E-state index contributed by atoms with van der Waals surface area (Å²) in [5.41, 5.74) is 0.794. The van der Waals surface area contributed by atoms with Crippen LogP contribution in [0, 0.1) is 45.8 Å². The third kappa shape index (κ3) is 2.25. The largest absolute Gasteiger partial charge is 0.353 e. The summed E-state index contributed by atoms with van der Waals surface area (Å²) in [7, 11) is 0. The number of rotatable bonds is 2. The van der Waals surface area contributed by atoms with Crippen molar-refractivity contribution in [2.75, 3.05) is 0 Å². The molecule has 0 radical (unpaired) electrons. The fraction of sp³-hybridized carbons (Fsp3) is 0.905. The van der Waals surface area contributed by atoms with Crippen molar-refractivity contribution in [2.24, 2.45) is 34.5 Å². The number of carbonyl (C=O) groups is 1. The number of nitriles is 1. The minimum atomic E-state index is 0.272. The predicted octanol–water partition coefficient (Wildman–Crippen LogP) is 4.43. The normalized spacial score (nSPS) is 50.2. The quantitative estimate of drug-likeness (QED) is 0.815. The Morgan fingerprint density at radius 2 is 1.88 bits per heavy atom. The van der Waals surface area contributed by atoms with Gasteiger partial charge in [-0.15, -0.1) is 0 Å². The zero-order valence-corrected chi connectivity index (χ0v) is 15.3. The lowest BCUT2D eigenvalue weighted by Crippen LogP contribution is -2.61. The van der Waals surface area contributed by atoms with Crippen molar-refractivity contribution in [3.8, 4) is 6.07 Å². The van der Waals surface area contributed by atoms with E-state index in [0.29, 0.717) is 16.9 Å². The Kier molecular flexibility index (Phi) is 3.94. The summed E-state index contributed by atoms with van der Waals surface area (Å²) < 4.78 is 0. The van der Waals surface area contributed by atoms with Gasteiger partial charge in [-0.05, 0) is 85.9 Å². The van der Waals surface area contributed by atoms with E-state index in [2.05, 4.69) is 25.2 Å². The number of hydrogen-bond donors (Lipinski definition) is 1. The van der Waals surface area contributed by atoms with Gasteiger partial charge in [0.25, 0.3) is 0 Å². The van der Waals surface area contributed by atoms with Crippen LogP contribution in [-0.4, -0.2) is 11.9 Å². The topological polar surface area (TPSA) is 52.9 Å². The van der Waals surface area contributed by atoms with Gasteiger partial charge in [-0.1, -0.05) is 13.8 Å². The van der Waals surface area contributed by atoms with Crippen molar-refractivity contribution in [3.05, 3.63) is 0 Å². The monoisotopic (exact) mass is 328 g/mol. The van der Waals surface area contributed by atoms with Crippen molar-refractivity contribution < 1.29 is 4.79 Å². The van der Waals surface area contributed by atoms with Crippen molar-refractivity contribution in [3.63, 3.8) is 0 Å². The van der Waals surface area contributed by atoms with E-state index >= 15 is 0 Å². The summed E-state index contributed by atoms with van der Waals surface area (Å²) in [6.07, 6.45) is 11.5. The van der Waals surface area contributed by atoms with E-state index in [9.17, 15) is 4.79 Å². The maximum Gasteiger partial charge on any atom is 0.220 e. The fourth-order valence-corrected chi connectivity index (χ4v) is 7.52. The van der Waals surface area contributed by atoms with Gasteiger partial charge in [0.15, 0.2) is 0 Å². The summed E-state index contributed by atoms with van der Waals surface area (Å²) in [5.74, 6) is 3.54. The molecule has 1 N–H and O–H groups in total. The molecule has 1 saturated heterocycles. The van der Waals surface area contributed by atoms with E-state index in [1.807, 2.05) is 0 Å². The first kappa shape index (κ1) is 16.4. The Hall–Kier alpha value is -1.04. The van der Waals surface area contributed by atoms with Gasteiger partial charge in [0, 0.05) is 18.9 Å². The predicted molar refractivity (Wildman–Crippen MR) is 93.9 cm³/mol. The zero-order chi connectivity index (χ0) is 16.9. The van der Waals surface area contributed by atoms with Crippen molar-refractivity contribution >= 4 is 5.91 Å². The summed E-state index contributed by atoms with van der Waals surface area (Å²) in [6, 6.07) is 2.79. The second kappa shape index (κ2) is 5.75. The van der Waals surface area contributed by atoms with E-state index in [-0.39, 0.29) is 5.91 Å². The molecule has 132 valence electrons. The highest BCUT2D eigenvalue weighted by Gasteiger charge is 2.59. The number of amides is 1. The SMILES string of the molecule is C[C@]12CC[C@H]3[C@@H](CCC4NC(=O)CC[C@@]43C)[C@@H]1CC[C@@H]2CCC#N. The van der Waals surface area contributed by atoms with Gasteiger partial charge in [0.1, 0.15) is 0 Å². The third-order valence-electron chi connectivity index (χ3n) is 8.90. The van der Waals surface area contributed by atoms with Crippen LogP contribution in [0.5, 0.6) is 0 Å². The van der Waals surface area contributed by atoms with Crippen LogP contribution in [0.25, 0.3) is 0 Å². The average molecular weight is 329 g/mol. The standard InChI is InChI=1S/C21H32N2O/c1-20-11-9-17-15(16(20)7-5-14(20)4-3-13-22)6-8-18-21(17,2)12-10-19(24)23-18/h14-18H,3-12H2,1-2H3,(H,23,24)/t14-,15-,16-,17-,18?,20+,21+/m0/s1. The highest BCUT2D eigenvalue weighted by molar-refractivity contribution is 5.77. The Bertz CT molecular complexity index is 567. The van der Waals surface area contributed by atoms with E-state index in [0.717, 1.165) is 49.4 Å². The van der Waals surface area contributed by atoms with Gasteiger partial charge in [-0.25, -0.2) is 0 Å². The average Bonchev–Trinajstić information content (AvgIpc) is 2.90. The molecule has 1 heterocycles. The second-order valence-corrected chi connectivity index (χ2v) is 9.60. The number of nitrogens with one attached hydrogen (secondary N) is 1. The Morgan fingerprint density at radius 1 is 1.08 bits per heavy atom. The third-order valence-corrected chi connectivity index (χ3v) is 8.90. The molecule has 4 rings (SSSR count). The second-order valence-electron chi connectivity index (χ2n) is 9.60. The molecule has 3 saturated carbocycles. The fourth-order valence-electron chi connectivity index (χ4n) is 7.52. The molecule has 0 aromatic rings. The molecule has 1 aliphatic heterocycles. The van der Waals surface area contributed by atoms with Crippen LogP contribution in [0.2, 0.25) is 0 Å². The molecular formula is C21H32N2O. The molecule has 0 aromatic carbocycles. The lowest BCUT2D eigenvalue weighted by molar-refractivity contribution is -0.136. The molecule has 4 fully saturated rings. The van der Waals surface area contributed by atoms with Gasteiger partial charge < -0.3 is 5.32 Å². The molecule has 0 bridgehead atoms. The van der Waals surface area contributed by atoms with Crippen LogP contribution < -0.4 is 5.32 Å². The van der Waals surface area contributed by atoms with E-state index in [1.165, 1.54) is 38.5 Å². The van der Waals surface area contributed by atoms with Crippen LogP contribution in [0.1, 0.15) is 78.1 Å². The van der Waals surface area contributed by atoms with E-state index in [1.54, 1.807) is 0 Å². The molecule has 0 aromatic heterocycles. The lowest BCUT2D eigenvalue weighted by Gasteiger charge is -2.60. The van der Waals surface area contributed by atoms with Crippen LogP contribution in [-0.2, 0) is 4.79 Å². The summed E-state index contributed by atoms with van der Waals surface area (Å²) in [6.45, 7) is 5.01. The van der Waals surface area contributed by atoms with Crippen LogP contribution in [0.3, 0.4) is 0 Å². The minimum Gasteiger partial charge on any atom is -0.353 e. The Labute approximate surface area is 146 Å². The molecule has 4 aliphatic rings. The van der Waals surface area contributed by atoms with Crippen LogP contribution in [0.4, 0.5) is 0 Å². The van der Waals surface area contributed by atoms with Gasteiger partial charge >= 0.3 is 0 Å². The Balaban J connectivity index is 1.56. The van der Waals surface area contributed by atoms with E-state index < -0.39 is 0 Å². The van der Waals surface area contributed by atoms with Crippen LogP contribution >= 0.6 is 0 Å². The summed E-state index contributed by atoms with van der Waals surface area (Å²) >= 11 is 0. The maximum atomic E-state index is 11.9. The number of hydrogen-bond acceptors (Lipinski definition) is 2. The summed E-state index contributed by atoms with van der Waals surface area (Å²) in [4.78, 5) is 11.9. The Morgan fingerprint density at radius 3 is 2.67 bits per heavy atom. The minimum absolute atomic E-state index is 0.272. The van der Waals surface area contributed by atoms with Crippen LogP contribution in [0.15, 0.2) is 0 Å².